The predicted molar refractivity (Wildman–Crippen MR) is 102 cm³/mol. The lowest BCUT2D eigenvalue weighted by Crippen LogP contribution is -2.48. The molecular formula is C19H25FN2O4S. The van der Waals surface area contributed by atoms with E-state index >= 15 is 0 Å². The van der Waals surface area contributed by atoms with Crippen LogP contribution in [-0.2, 0) is 9.84 Å². The molecule has 0 aliphatic carbocycles. The second kappa shape index (κ2) is 7.50. The van der Waals surface area contributed by atoms with Crippen molar-refractivity contribution >= 4 is 26.8 Å². The highest BCUT2D eigenvalue weighted by Crippen LogP contribution is 2.33. The van der Waals surface area contributed by atoms with Crippen LogP contribution in [0.3, 0.4) is 0 Å². The first-order chi connectivity index (χ1) is 12.7. The average Bonchev–Trinajstić information content (AvgIpc) is 2.88. The van der Waals surface area contributed by atoms with Gasteiger partial charge in [-0.15, -0.1) is 0 Å². The lowest BCUT2D eigenvalue weighted by atomic mass is 9.98. The molecule has 8 heteroatoms. The summed E-state index contributed by atoms with van der Waals surface area (Å²) in [7, 11) is -3.10. The molecule has 0 bridgehead atoms. The molecule has 0 radical (unpaired) electrons. The fourth-order valence-corrected chi connectivity index (χ4v) is 5.18. The lowest BCUT2D eigenvalue weighted by Gasteiger charge is -2.26. The quantitative estimate of drug-likeness (QED) is 0.828. The number of carbonyl (C=O) groups is 1. The van der Waals surface area contributed by atoms with Gasteiger partial charge in [-0.1, -0.05) is 13.8 Å². The number of furan rings is 1. The van der Waals surface area contributed by atoms with Gasteiger partial charge in [-0.25, -0.2) is 17.6 Å². The van der Waals surface area contributed by atoms with Crippen LogP contribution in [0, 0.1) is 18.7 Å². The number of fused-ring (bicyclic) bond motifs is 1. The molecule has 1 saturated heterocycles. The van der Waals surface area contributed by atoms with Crippen LogP contribution in [-0.4, -0.2) is 32.0 Å². The number of hydrogen-bond acceptors (Lipinski definition) is 4. The number of nitrogens with one attached hydrogen (secondary N) is 2. The minimum Gasteiger partial charge on any atom is -0.459 e. The molecule has 2 unspecified atom stereocenters. The fraction of sp³-hybridized carbons (Fsp3) is 0.526. The van der Waals surface area contributed by atoms with Crippen molar-refractivity contribution in [1.82, 2.24) is 10.6 Å². The summed E-state index contributed by atoms with van der Waals surface area (Å²) in [4.78, 5) is 12.5. The van der Waals surface area contributed by atoms with Crippen molar-refractivity contribution in [3.8, 4) is 0 Å². The molecule has 0 saturated carbocycles. The van der Waals surface area contributed by atoms with E-state index in [1.165, 1.54) is 12.1 Å². The molecule has 27 heavy (non-hydrogen) atoms. The van der Waals surface area contributed by atoms with Crippen molar-refractivity contribution in [3.05, 3.63) is 35.3 Å². The monoisotopic (exact) mass is 396 g/mol. The first kappa shape index (κ1) is 19.7. The summed E-state index contributed by atoms with van der Waals surface area (Å²) in [5.41, 5.74) is 1.35. The standard InChI is InChI=1S/C19H25FN2O4S/c1-11(2)17(18-12(3)15-9-13(20)6-7-16(15)26-18)22-19(23)21-14-5-4-8-27(24,25)10-14/h6-7,9,11,14,17H,4-5,8,10H2,1-3H3,(H2,21,22,23). The largest absolute Gasteiger partial charge is 0.459 e. The Morgan fingerprint density at radius 3 is 2.74 bits per heavy atom. The van der Waals surface area contributed by atoms with E-state index in [2.05, 4.69) is 10.6 Å². The molecular weight excluding hydrogens is 371 g/mol. The second-order valence-corrected chi connectivity index (χ2v) is 9.75. The molecule has 1 aliphatic rings. The summed E-state index contributed by atoms with van der Waals surface area (Å²) in [6.45, 7) is 5.73. The van der Waals surface area contributed by atoms with E-state index in [9.17, 15) is 17.6 Å². The maximum absolute atomic E-state index is 13.5. The normalized spacial score (nSPS) is 20.6. The summed E-state index contributed by atoms with van der Waals surface area (Å²) in [5, 5.41) is 6.33. The number of amides is 2. The third-order valence-corrected chi connectivity index (χ3v) is 6.79. The highest BCUT2D eigenvalue weighted by Gasteiger charge is 2.29. The van der Waals surface area contributed by atoms with Crippen molar-refractivity contribution in [2.45, 2.75) is 45.7 Å². The molecule has 6 nitrogen and oxygen atoms in total. The molecule has 1 aromatic heterocycles. The van der Waals surface area contributed by atoms with Gasteiger partial charge in [0.25, 0.3) is 0 Å². The molecule has 1 aromatic carbocycles. The van der Waals surface area contributed by atoms with Crippen molar-refractivity contribution in [1.29, 1.82) is 0 Å². The van der Waals surface area contributed by atoms with Crippen molar-refractivity contribution < 1.29 is 22.0 Å². The van der Waals surface area contributed by atoms with Crippen LogP contribution in [0.2, 0.25) is 0 Å². The van der Waals surface area contributed by atoms with Crippen LogP contribution < -0.4 is 10.6 Å². The second-order valence-electron chi connectivity index (χ2n) is 7.52. The molecule has 2 amide bonds. The van der Waals surface area contributed by atoms with Gasteiger partial charge in [0, 0.05) is 17.0 Å². The highest BCUT2D eigenvalue weighted by molar-refractivity contribution is 7.91. The van der Waals surface area contributed by atoms with E-state index in [0.717, 1.165) is 5.56 Å². The van der Waals surface area contributed by atoms with Gasteiger partial charge in [0.05, 0.1) is 17.5 Å². The predicted octanol–water partition coefficient (Wildman–Crippen LogP) is 3.45. The summed E-state index contributed by atoms with van der Waals surface area (Å²) in [6, 6.07) is 3.10. The Hall–Kier alpha value is -2.09. The number of halogens is 1. The molecule has 148 valence electrons. The minimum absolute atomic E-state index is 0.0231. The number of rotatable bonds is 4. The van der Waals surface area contributed by atoms with Crippen LogP contribution in [0.25, 0.3) is 11.0 Å². The van der Waals surface area contributed by atoms with Gasteiger partial charge in [-0.05, 0) is 43.9 Å². The third kappa shape index (κ3) is 4.43. The summed E-state index contributed by atoms with van der Waals surface area (Å²) >= 11 is 0. The van der Waals surface area contributed by atoms with Crippen LogP contribution >= 0.6 is 0 Å². The Bertz CT molecular complexity index is 952. The first-order valence-corrected chi connectivity index (χ1v) is 10.9. The highest BCUT2D eigenvalue weighted by atomic mass is 32.2. The third-order valence-electron chi connectivity index (χ3n) is 4.97. The average molecular weight is 396 g/mol. The zero-order chi connectivity index (χ0) is 19.8. The topological polar surface area (TPSA) is 88.4 Å². The lowest BCUT2D eigenvalue weighted by molar-refractivity contribution is 0.226. The van der Waals surface area contributed by atoms with Crippen LogP contribution in [0.4, 0.5) is 9.18 Å². The van der Waals surface area contributed by atoms with Crippen molar-refractivity contribution in [2.75, 3.05) is 11.5 Å². The Labute approximate surface area is 158 Å². The van der Waals surface area contributed by atoms with Gasteiger partial charge in [0.15, 0.2) is 9.84 Å². The Morgan fingerprint density at radius 2 is 2.07 bits per heavy atom. The minimum atomic E-state index is -3.10. The Morgan fingerprint density at radius 1 is 1.33 bits per heavy atom. The van der Waals surface area contributed by atoms with E-state index in [0.29, 0.717) is 29.6 Å². The van der Waals surface area contributed by atoms with Crippen molar-refractivity contribution in [2.24, 2.45) is 5.92 Å². The zero-order valence-corrected chi connectivity index (χ0v) is 16.5. The number of sulfone groups is 1. The van der Waals surface area contributed by atoms with E-state index in [4.69, 9.17) is 4.42 Å². The number of aryl methyl sites for hydroxylation is 1. The number of urea groups is 1. The molecule has 1 aliphatic heterocycles. The van der Waals surface area contributed by atoms with E-state index in [1.54, 1.807) is 6.07 Å². The first-order valence-electron chi connectivity index (χ1n) is 9.12. The summed E-state index contributed by atoms with van der Waals surface area (Å²) < 4.78 is 42.9. The van der Waals surface area contributed by atoms with E-state index in [1.807, 2.05) is 20.8 Å². The van der Waals surface area contributed by atoms with Gasteiger partial charge in [-0.3, -0.25) is 0 Å². The number of carbonyl (C=O) groups excluding carboxylic acids is 1. The molecule has 0 spiro atoms. The molecule has 2 N–H and O–H groups in total. The Balaban J connectivity index is 1.78. The van der Waals surface area contributed by atoms with Crippen LogP contribution in [0.1, 0.15) is 44.1 Å². The molecule has 2 atom stereocenters. The van der Waals surface area contributed by atoms with E-state index in [-0.39, 0.29) is 29.3 Å². The maximum atomic E-state index is 13.5. The summed E-state index contributed by atoms with van der Waals surface area (Å²) in [5.74, 6) is 0.404. The smallest absolute Gasteiger partial charge is 0.315 e. The fourth-order valence-electron chi connectivity index (χ4n) is 3.55. The maximum Gasteiger partial charge on any atom is 0.315 e. The van der Waals surface area contributed by atoms with Gasteiger partial charge < -0.3 is 15.1 Å². The van der Waals surface area contributed by atoms with Gasteiger partial charge in [0.1, 0.15) is 17.2 Å². The van der Waals surface area contributed by atoms with Gasteiger partial charge in [0.2, 0.25) is 0 Å². The Kier molecular flexibility index (Phi) is 5.46. The molecule has 2 aromatic rings. The van der Waals surface area contributed by atoms with Gasteiger partial charge >= 0.3 is 6.03 Å². The number of hydrogen-bond donors (Lipinski definition) is 2. The number of benzene rings is 1. The van der Waals surface area contributed by atoms with Gasteiger partial charge in [-0.2, -0.15) is 0 Å². The van der Waals surface area contributed by atoms with E-state index < -0.39 is 21.9 Å². The molecule has 1 fully saturated rings. The summed E-state index contributed by atoms with van der Waals surface area (Å²) in [6.07, 6.45) is 1.19. The zero-order valence-electron chi connectivity index (χ0n) is 15.7. The molecule has 2 heterocycles. The van der Waals surface area contributed by atoms with Crippen LogP contribution in [0.5, 0.6) is 0 Å². The SMILES string of the molecule is Cc1c(C(NC(=O)NC2CCCS(=O)(=O)C2)C(C)C)oc2ccc(F)cc12. The van der Waals surface area contributed by atoms with Crippen molar-refractivity contribution in [3.63, 3.8) is 0 Å². The molecule has 3 rings (SSSR count). The van der Waals surface area contributed by atoms with Crippen LogP contribution in [0.15, 0.2) is 22.6 Å².